The minimum atomic E-state index is -2.26. The summed E-state index contributed by atoms with van der Waals surface area (Å²) in [6, 6.07) is 8.44. The van der Waals surface area contributed by atoms with Gasteiger partial charge in [-0.3, -0.25) is 0 Å². The third kappa shape index (κ3) is 3.00. The number of rotatable bonds is 5. The van der Waals surface area contributed by atoms with E-state index in [1.807, 2.05) is 0 Å². The van der Waals surface area contributed by atoms with Gasteiger partial charge in [-0.25, -0.2) is 0 Å². The van der Waals surface area contributed by atoms with E-state index >= 15 is 0 Å². The maximum absolute atomic E-state index is 9.88. The van der Waals surface area contributed by atoms with Gasteiger partial charge in [0.05, 0.1) is 1.37 Å². The number of ether oxygens (including phenoxy) is 2. The van der Waals surface area contributed by atoms with Gasteiger partial charge in [0.1, 0.15) is 12.2 Å². The van der Waals surface area contributed by atoms with Crippen LogP contribution in [0.15, 0.2) is 30.3 Å². The molecule has 0 saturated carbocycles. The second-order valence-electron chi connectivity index (χ2n) is 3.04. The standard InChI is InChI=1S/C11H16O4/c1-14-11(15-2)10(13)9(12)8-6-4-3-5-7-8/h3-7,9-13H,1-2H3/t9-,10+/m1/s1/i10D. The van der Waals surface area contributed by atoms with Crippen molar-refractivity contribution in [2.75, 3.05) is 14.2 Å². The third-order valence-corrected chi connectivity index (χ3v) is 2.07. The average Bonchev–Trinajstić information content (AvgIpc) is 2.30. The summed E-state index contributed by atoms with van der Waals surface area (Å²) in [6.45, 7) is 0. The minimum Gasteiger partial charge on any atom is -0.385 e. The van der Waals surface area contributed by atoms with Crippen LogP contribution in [0, 0.1) is 0 Å². The summed E-state index contributed by atoms with van der Waals surface area (Å²) in [6.07, 6.45) is -4.88. The first-order chi connectivity index (χ1) is 7.54. The summed E-state index contributed by atoms with van der Waals surface area (Å²) in [7, 11) is 2.59. The molecular formula is C11H16O4. The highest BCUT2D eigenvalue weighted by molar-refractivity contribution is 5.18. The zero-order valence-corrected chi connectivity index (χ0v) is 8.75. The molecule has 0 aliphatic rings. The molecule has 4 heteroatoms. The summed E-state index contributed by atoms with van der Waals surface area (Å²) >= 11 is 0. The lowest BCUT2D eigenvalue weighted by Gasteiger charge is -2.24. The molecule has 0 heterocycles. The highest BCUT2D eigenvalue weighted by atomic mass is 16.7. The topological polar surface area (TPSA) is 58.9 Å². The maximum Gasteiger partial charge on any atom is 0.185 e. The highest BCUT2D eigenvalue weighted by Crippen LogP contribution is 2.19. The molecule has 1 aromatic rings. The lowest BCUT2D eigenvalue weighted by Crippen LogP contribution is -2.35. The fraction of sp³-hybridized carbons (Fsp3) is 0.455. The van der Waals surface area contributed by atoms with Crippen LogP contribution in [0.2, 0.25) is 0 Å². The van der Waals surface area contributed by atoms with E-state index in [9.17, 15) is 10.2 Å². The molecule has 1 rings (SSSR count). The first-order valence-corrected chi connectivity index (χ1v) is 4.55. The van der Waals surface area contributed by atoms with Gasteiger partial charge in [-0.2, -0.15) is 0 Å². The number of hydrogen-bond acceptors (Lipinski definition) is 4. The number of benzene rings is 1. The van der Waals surface area contributed by atoms with Crippen LogP contribution < -0.4 is 0 Å². The molecule has 0 spiro atoms. The van der Waals surface area contributed by atoms with Crippen LogP contribution in [0.3, 0.4) is 0 Å². The molecule has 2 atom stereocenters. The second kappa shape index (κ2) is 5.82. The van der Waals surface area contributed by atoms with Gasteiger partial charge in [-0.15, -0.1) is 0 Å². The molecule has 0 bridgehead atoms. The molecule has 84 valence electrons. The van der Waals surface area contributed by atoms with Crippen LogP contribution in [-0.2, 0) is 9.47 Å². The van der Waals surface area contributed by atoms with Crippen LogP contribution in [0.5, 0.6) is 0 Å². The number of hydrogen-bond donors (Lipinski definition) is 2. The Hall–Kier alpha value is -0.940. The van der Waals surface area contributed by atoms with Gasteiger partial charge in [0.25, 0.3) is 0 Å². The van der Waals surface area contributed by atoms with E-state index in [4.69, 9.17) is 10.8 Å². The van der Waals surface area contributed by atoms with Gasteiger partial charge in [-0.1, -0.05) is 30.3 Å². The van der Waals surface area contributed by atoms with Crippen molar-refractivity contribution in [1.82, 2.24) is 0 Å². The molecule has 0 radical (unpaired) electrons. The van der Waals surface area contributed by atoms with E-state index < -0.39 is 18.5 Å². The number of aliphatic hydroxyl groups excluding tert-OH is 1. The first kappa shape index (κ1) is 10.6. The lowest BCUT2D eigenvalue weighted by atomic mass is 10.0. The average molecular weight is 213 g/mol. The van der Waals surface area contributed by atoms with Crippen LogP contribution in [0.4, 0.5) is 0 Å². The fourth-order valence-electron chi connectivity index (χ4n) is 1.27. The van der Waals surface area contributed by atoms with Crippen molar-refractivity contribution in [3.8, 4) is 0 Å². The third-order valence-electron chi connectivity index (χ3n) is 2.07. The minimum absolute atomic E-state index is 0.430. The van der Waals surface area contributed by atoms with E-state index in [0.29, 0.717) is 5.56 Å². The van der Waals surface area contributed by atoms with Crippen molar-refractivity contribution in [3.05, 3.63) is 35.9 Å². The lowest BCUT2D eigenvalue weighted by molar-refractivity contribution is -0.191. The van der Waals surface area contributed by atoms with Gasteiger partial charge >= 0.3 is 0 Å². The van der Waals surface area contributed by atoms with Crippen LogP contribution in [-0.4, -0.2) is 36.8 Å². The molecule has 2 N–H and O–H groups in total. The van der Waals surface area contributed by atoms with E-state index in [2.05, 4.69) is 0 Å². The Morgan fingerprint density at radius 2 is 1.67 bits per heavy atom. The van der Waals surface area contributed by atoms with E-state index in [1.165, 1.54) is 14.2 Å². The van der Waals surface area contributed by atoms with Crippen molar-refractivity contribution in [2.24, 2.45) is 0 Å². The van der Waals surface area contributed by atoms with Gasteiger partial charge in [0.15, 0.2) is 6.29 Å². The Morgan fingerprint density at radius 1 is 1.13 bits per heavy atom. The first-order valence-electron chi connectivity index (χ1n) is 5.05. The molecule has 15 heavy (non-hydrogen) atoms. The van der Waals surface area contributed by atoms with Gasteiger partial charge in [0.2, 0.25) is 0 Å². The molecule has 4 nitrogen and oxygen atoms in total. The van der Waals surface area contributed by atoms with E-state index in [1.54, 1.807) is 30.3 Å². The predicted molar refractivity (Wildman–Crippen MR) is 55.2 cm³/mol. The molecule has 0 amide bonds. The summed E-state index contributed by atoms with van der Waals surface area (Å²) in [5.74, 6) is 0. The Balaban J connectivity index is 2.91. The van der Waals surface area contributed by atoms with Crippen molar-refractivity contribution in [3.63, 3.8) is 0 Å². The van der Waals surface area contributed by atoms with Gasteiger partial charge < -0.3 is 19.7 Å². The molecule has 0 saturated heterocycles. The van der Waals surface area contributed by atoms with E-state index in [0.717, 1.165) is 0 Å². The van der Waals surface area contributed by atoms with Gasteiger partial charge in [-0.05, 0) is 5.56 Å². The van der Waals surface area contributed by atoms with Gasteiger partial charge in [0, 0.05) is 14.2 Å². The van der Waals surface area contributed by atoms with Crippen LogP contribution >= 0.6 is 0 Å². The summed E-state index contributed by atoms with van der Waals surface area (Å²) in [4.78, 5) is 0. The molecule has 0 fully saturated rings. The zero-order chi connectivity index (χ0) is 12.2. The fourth-order valence-corrected chi connectivity index (χ4v) is 1.27. The summed E-state index contributed by atoms with van der Waals surface area (Å²) in [5.41, 5.74) is 0.430. The quantitative estimate of drug-likeness (QED) is 0.707. The molecule has 0 unspecified atom stereocenters. The number of aliphatic hydroxyl groups is 2. The van der Waals surface area contributed by atoms with Crippen molar-refractivity contribution in [1.29, 1.82) is 0 Å². The predicted octanol–water partition coefficient (Wildman–Crippen LogP) is 0.700. The SMILES string of the molecule is [2H][C@@](O)(C(OC)OC)[C@H](O)c1ccccc1. The Labute approximate surface area is 90.5 Å². The van der Waals surface area contributed by atoms with Crippen LogP contribution in [0.1, 0.15) is 13.0 Å². The van der Waals surface area contributed by atoms with Crippen molar-refractivity contribution in [2.45, 2.75) is 18.5 Å². The monoisotopic (exact) mass is 213 g/mol. The Kier molecular flexibility index (Phi) is 4.11. The smallest absolute Gasteiger partial charge is 0.185 e. The maximum atomic E-state index is 9.88. The van der Waals surface area contributed by atoms with E-state index in [-0.39, 0.29) is 0 Å². The Morgan fingerprint density at radius 3 is 2.13 bits per heavy atom. The second-order valence-corrected chi connectivity index (χ2v) is 3.04. The molecule has 1 aromatic carbocycles. The molecular weight excluding hydrogens is 196 g/mol. The molecule has 0 aliphatic heterocycles. The number of methoxy groups -OCH3 is 2. The van der Waals surface area contributed by atoms with Crippen molar-refractivity contribution >= 4 is 0 Å². The van der Waals surface area contributed by atoms with Crippen LogP contribution in [0.25, 0.3) is 0 Å². The molecule has 0 aliphatic carbocycles. The summed E-state index contributed by atoms with van der Waals surface area (Å²) in [5, 5.41) is 19.7. The largest absolute Gasteiger partial charge is 0.385 e. The highest BCUT2D eigenvalue weighted by Gasteiger charge is 2.27. The normalized spacial score (nSPS) is 18.3. The zero-order valence-electron chi connectivity index (χ0n) is 9.75. The molecule has 0 aromatic heterocycles. The summed E-state index contributed by atoms with van der Waals surface area (Å²) < 4.78 is 17.3. The van der Waals surface area contributed by atoms with Crippen molar-refractivity contribution < 1.29 is 21.1 Å². The Bertz CT molecular complexity index is 311.